The summed E-state index contributed by atoms with van der Waals surface area (Å²) in [5.41, 5.74) is 3.84. The van der Waals surface area contributed by atoms with Crippen molar-refractivity contribution in [2.75, 3.05) is 11.4 Å². The Hall–Kier alpha value is -2.78. The van der Waals surface area contributed by atoms with Crippen LogP contribution in [-0.2, 0) is 6.42 Å². The van der Waals surface area contributed by atoms with Crippen molar-refractivity contribution < 1.29 is 4.42 Å². The molecular formula is C21H17ClN2O. The van der Waals surface area contributed by atoms with Crippen LogP contribution in [0.2, 0.25) is 5.02 Å². The summed E-state index contributed by atoms with van der Waals surface area (Å²) >= 11 is 6.07. The van der Waals surface area contributed by atoms with Gasteiger partial charge in [0.05, 0.1) is 0 Å². The van der Waals surface area contributed by atoms with Crippen LogP contribution in [0.3, 0.4) is 0 Å². The maximum atomic E-state index is 6.07. The molecule has 0 aliphatic carbocycles. The lowest BCUT2D eigenvalue weighted by Crippen LogP contribution is -2.20. The number of aromatic nitrogens is 1. The molecule has 0 unspecified atom stereocenters. The third-order valence-corrected chi connectivity index (χ3v) is 4.34. The first-order chi connectivity index (χ1) is 12.3. The maximum Gasteiger partial charge on any atom is 0.302 e. The highest BCUT2D eigenvalue weighted by Gasteiger charge is 2.16. The van der Waals surface area contributed by atoms with Crippen LogP contribution in [0.25, 0.3) is 11.1 Å². The van der Waals surface area contributed by atoms with Crippen molar-refractivity contribution in [3.05, 3.63) is 89.4 Å². The van der Waals surface area contributed by atoms with Crippen LogP contribution in [0, 0.1) is 0 Å². The summed E-state index contributed by atoms with van der Waals surface area (Å²) in [7, 11) is 0. The summed E-state index contributed by atoms with van der Waals surface area (Å²) in [5.74, 6) is 0. The van der Waals surface area contributed by atoms with E-state index in [9.17, 15) is 0 Å². The second-order valence-electron chi connectivity index (χ2n) is 5.83. The van der Waals surface area contributed by atoms with Crippen LogP contribution in [-0.4, -0.2) is 11.5 Å². The first-order valence-electron chi connectivity index (χ1n) is 8.22. The monoisotopic (exact) mass is 348 g/mol. The van der Waals surface area contributed by atoms with Gasteiger partial charge in [0.25, 0.3) is 0 Å². The molecule has 0 fully saturated rings. The van der Waals surface area contributed by atoms with E-state index in [1.165, 1.54) is 5.56 Å². The molecule has 4 heteroatoms. The normalized spacial score (nSPS) is 10.9. The molecule has 0 saturated heterocycles. The number of oxazole rings is 1. The summed E-state index contributed by atoms with van der Waals surface area (Å²) in [5, 5.41) is 0.655. The van der Waals surface area contributed by atoms with E-state index in [1.807, 2.05) is 42.5 Å². The van der Waals surface area contributed by atoms with Gasteiger partial charge in [-0.15, -0.1) is 0 Å². The molecule has 0 spiro atoms. The van der Waals surface area contributed by atoms with Crippen molar-refractivity contribution in [3.63, 3.8) is 0 Å². The Labute approximate surface area is 151 Å². The summed E-state index contributed by atoms with van der Waals surface area (Å²) < 4.78 is 5.98. The SMILES string of the molecule is Clc1ccc2oc(N(CCc3ccccc3)c3ccccc3)nc2c1. The minimum Gasteiger partial charge on any atom is -0.423 e. The van der Waals surface area contributed by atoms with Crippen molar-refractivity contribution in [2.45, 2.75) is 6.42 Å². The number of anilines is 2. The zero-order chi connectivity index (χ0) is 17.1. The zero-order valence-corrected chi connectivity index (χ0v) is 14.4. The van der Waals surface area contributed by atoms with E-state index >= 15 is 0 Å². The molecule has 3 nitrogen and oxygen atoms in total. The Morgan fingerprint density at radius 2 is 1.60 bits per heavy atom. The molecular weight excluding hydrogens is 332 g/mol. The van der Waals surface area contributed by atoms with Gasteiger partial charge in [-0.2, -0.15) is 4.98 Å². The van der Waals surface area contributed by atoms with Gasteiger partial charge in [0.15, 0.2) is 5.58 Å². The fraction of sp³-hybridized carbons (Fsp3) is 0.0952. The number of halogens is 1. The van der Waals surface area contributed by atoms with Gasteiger partial charge in [-0.1, -0.05) is 60.1 Å². The number of para-hydroxylation sites is 1. The van der Waals surface area contributed by atoms with E-state index in [2.05, 4.69) is 46.3 Å². The molecule has 0 atom stereocenters. The molecule has 1 aromatic heterocycles. The summed E-state index contributed by atoms with van der Waals surface area (Å²) in [4.78, 5) is 6.74. The molecule has 0 bridgehead atoms. The number of rotatable bonds is 5. The van der Waals surface area contributed by atoms with Crippen LogP contribution in [0.5, 0.6) is 0 Å². The third-order valence-electron chi connectivity index (χ3n) is 4.10. The third kappa shape index (κ3) is 3.52. The highest BCUT2D eigenvalue weighted by molar-refractivity contribution is 6.31. The van der Waals surface area contributed by atoms with Crippen LogP contribution in [0.15, 0.2) is 83.3 Å². The van der Waals surface area contributed by atoms with Gasteiger partial charge in [0.1, 0.15) is 5.52 Å². The van der Waals surface area contributed by atoms with Crippen LogP contribution in [0.4, 0.5) is 11.7 Å². The standard InChI is InChI=1S/C21H17ClN2O/c22-17-11-12-20-19(15-17)23-21(25-20)24(18-9-5-2-6-10-18)14-13-16-7-3-1-4-8-16/h1-12,15H,13-14H2. The molecule has 0 aliphatic heterocycles. The molecule has 4 aromatic rings. The van der Waals surface area contributed by atoms with E-state index in [4.69, 9.17) is 16.0 Å². The largest absolute Gasteiger partial charge is 0.423 e. The number of nitrogens with zero attached hydrogens (tertiary/aromatic N) is 2. The molecule has 0 radical (unpaired) electrons. The van der Waals surface area contributed by atoms with Crippen molar-refractivity contribution in [3.8, 4) is 0 Å². The van der Waals surface area contributed by atoms with Gasteiger partial charge >= 0.3 is 6.01 Å². The molecule has 3 aromatic carbocycles. The molecule has 0 saturated carbocycles. The molecule has 0 N–H and O–H groups in total. The quantitative estimate of drug-likeness (QED) is 0.452. The second-order valence-corrected chi connectivity index (χ2v) is 6.27. The molecule has 0 amide bonds. The molecule has 25 heavy (non-hydrogen) atoms. The summed E-state index contributed by atoms with van der Waals surface area (Å²) in [6.45, 7) is 0.772. The number of hydrogen-bond donors (Lipinski definition) is 0. The fourth-order valence-corrected chi connectivity index (χ4v) is 3.00. The van der Waals surface area contributed by atoms with E-state index in [0.717, 1.165) is 29.8 Å². The number of hydrogen-bond acceptors (Lipinski definition) is 3. The van der Waals surface area contributed by atoms with E-state index < -0.39 is 0 Å². The molecule has 4 rings (SSSR count). The van der Waals surface area contributed by atoms with Gasteiger partial charge in [0.2, 0.25) is 0 Å². The van der Waals surface area contributed by atoms with Gasteiger partial charge < -0.3 is 4.42 Å². The minimum absolute atomic E-state index is 0.583. The van der Waals surface area contributed by atoms with E-state index in [0.29, 0.717) is 11.0 Å². The Bertz CT molecular complexity index is 967. The minimum atomic E-state index is 0.583. The lowest BCUT2D eigenvalue weighted by atomic mass is 10.1. The predicted octanol–water partition coefficient (Wildman–Crippen LogP) is 5.86. The molecule has 0 aliphatic rings. The lowest BCUT2D eigenvalue weighted by Gasteiger charge is -2.20. The van der Waals surface area contributed by atoms with E-state index in [1.54, 1.807) is 0 Å². The predicted molar refractivity (Wildman–Crippen MR) is 103 cm³/mol. The van der Waals surface area contributed by atoms with Crippen LogP contribution in [0.1, 0.15) is 5.56 Å². The number of fused-ring (bicyclic) bond motifs is 1. The molecule has 124 valence electrons. The van der Waals surface area contributed by atoms with E-state index in [-0.39, 0.29) is 0 Å². The van der Waals surface area contributed by atoms with Crippen LogP contribution >= 0.6 is 11.6 Å². The van der Waals surface area contributed by atoms with Gasteiger partial charge in [-0.05, 0) is 42.3 Å². The Morgan fingerprint density at radius 3 is 2.36 bits per heavy atom. The van der Waals surface area contributed by atoms with Crippen molar-refractivity contribution >= 4 is 34.4 Å². The van der Waals surface area contributed by atoms with Crippen molar-refractivity contribution in [2.24, 2.45) is 0 Å². The Balaban J connectivity index is 1.68. The smallest absolute Gasteiger partial charge is 0.302 e. The summed E-state index contributed by atoms with van der Waals surface area (Å²) in [6, 6.07) is 26.7. The summed E-state index contributed by atoms with van der Waals surface area (Å²) in [6.07, 6.45) is 0.898. The van der Waals surface area contributed by atoms with Crippen LogP contribution < -0.4 is 4.90 Å². The fourth-order valence-electron chi connectivity index (χ4n) is 2.83. The van der Waals surface area contributed by atoms with Gasteiger partial charge in [-0.25, -0.2) is 0 Å². The second kappa shape index (κ2) is 6.99. The Kier molecular flexibility index (Phi) is 4.40. The first kappa shape index (κ1) is 15.7. The highest BCUT2D eigenvalue weighted by Crippen LogP contribution is 2.29. The van der Waals surface area contributed by atoms with Gasteiger partial charge in [0, 0.05) is 17.3 Å². The average molecular weight is 349 g/mol. The van der Waals surface area contributed by atoms with Crippen molar-refractivity contribution in [1.82, 2.24) is 4.98 Å². The maximum absolute atomic E-state index is 6.07. The highest BCUT2D eigenvalue weighted by atomic mass is 35.5. The lowest BCUT2D eigenvalue weighted by molar-refractivity contribution is 0.591. The van der Waals surface area contributed by atoms with Gasteiger partial charge in [-0.3, -0.25) is 4.90 Å². The topological polar surface area (TPSA) is 29.3 Å². The Morgan fingerprint density at radius 1 is 0.880 bits per heavy atom. The van der Waals surface area contributed by atoms with Crippen molar-refractivity contribution in [1.29, 1.82) is 0 Å². The first-order valence-corrected chi connectivity index (χ1v) is 8.60. The average Bonchev–Trinajstić information content (AvgIpc) is 3.06. The zero-order valence-electron chi connectivity index (χ0n) is 13.6. The molecule has 1 heterocycles. The number of benzene rings is 3.